The molecule has 0 atom stereocenters. The number of nitrogens with zero attached hydrogens (tertiary/aromatic N) is 1. The number of hydrogen-bond donors (Lipinski definition) is 0. The van der Waals surface area contributed by atoms with Gasteiger partial charge >= 0.3 is 0 Å². The van der Waals surface area contributed by atoms with Gasteiger partial charge in [0.2, 0.25) is 0 Å². The lowest BCUT2D eigenvalue weighted by Gasteiger charge is -2.22. The maximum absolute atomic E-state index is 5.36. The van der Waals surface area contributed by atoms with Crippen molar-refractivity contribution in [2.75, 3.05) is 17.2 Å². The van der Waals surface area contributed by atoms with Crippen molar-refractivity contribution < 1.29 is 0 Å². The number of para-hydroxylation sites is 1. The largest absolute Gasteiger partial charge is 0.328 e. The van der Waals surface area contributed by atoms with Gasteiger partial charge in [-0.05, 0) is 19.1 Å². The maximum atomic E-state index is 5.36. The minimum absolute atomic E-state index is 0.863. The molecule has 0 aliphatic heterocycles. The number of hydrogen-bond acceptors (Lipinski definition) is 2. The first-order valence-electron chi connectivity index (χ1n) is 4.89. The summed E-state index contributed by atoms with van der Waals surface area (Å²) in [6.45, 7) is 6.69. The van der Waals surface area contributed by atoms with Gasteiger partial charge in [-0.15, -0.1) is 6.58 Å². The smallest absolute Gasteiger partial charge is 0.141 e. The van der Waals surface area contributed by atoms with E-state index in [1.807, 2.05) is 24.3 Å². The zero-order valence-corrected chi connectivity index (χ0v) is 10.5. The van der Waals surface area contributed by atoms with Crippen molar-refractivity contribution in [3.63, 3.8) is 0 Å². The second-order valence-corrected chi connectivity index (χ2v) is 4.60. The Bertz CT molecular complexity index is 322. The van der Waals surface area contributed by atoms with Crippen LogP contribution in [0.15, 0.2) is 43.0 Å². The molecular weight excluding hydrogens is 222 g/mol. The van der Waals surface area contributed by atoms with Crippen molar-refractivity contribution in [1.29, 1.82) is 0 Å². The fourth-order valence-electron chi connectivity index (χ4n) is 1.23. The Morgan fingerprint density at radius 2 is 2.13 bits per heavy atom. The van der Waals surface area contributed by atoms with Crippen molar-refractivity contribution in [3.8, 4) is 0 Å². The van der Waals surface area contributed by atoms with Crippen LogP contribution in [0.3, 0.4) is 0 Å². The van der Waals surface area contributed by atoms with E-state index in [4.69, 9.17) is 12.2 Å². The molecule has 3 heteroatoms. The fourth-order valence-corrected chi connectivity index (χ4v) is 2.32. The molecule has 80 valence electrons. The highest BCUT2D eigenvalue weighted by atomic mass is 32.2. The van der Waals surface area contributed by atoms with Gasteiger partial charge < -0.3 is 4.90 Å². The van der Waals surface area contributed by atoms with Gasteiger partial charge in [0.15, 0.2) is 0 Å². The minimum Gasteiger partial charge on any atom is -0.328 e. The van der Waals surface area contributed by atoms with Crippen molar-refractivity contribution in [1.82, 2.24) is 0 Å². The zero-order valence-electron chi connectivity index (χ0n) is 8.85. The number of benzene rings is 1. The molecule has 0 bridgehead atoms. The Morgan fingerprint density at radius 1 is 1.47 bits per heavy atom. The van der Waals surface area contributed by atoms with Crippen LogP contribution in [0.1, 0.15) is 6.92 Å². The number of thioether (sulfide) groups is 1. The van der Waals surface area contributed by atoms with E-state index in [2.05, 4.69) is 30.5 Å². The molecular formula is C12H15NS2. The van der Waals surface area contributed by atoms with Crippen LogP contribution in [0, 0.1) is 0 Å². The number of thiocarbonyl (C=S) groups is 1. The normalized spacial score (nSPS) is 9.67. The van der Waals surface area contributed by atoms with E-state index < -0.39 is 0 Å². The molecule has 0 spiro atoms. The highest BCUT2D eigenvalue weighted by molar-refractivity contribution is 8.23. The van der Waals surface area contributed by atoms with Crippen molar-refractivity contribution >= 4 is 34.0 Å². The molecule has 0 fully saturated rings. The Hall–Kier alpha value is -0.800. The molecule has 0 aliphatic carbocycles. The van der Waals surface area contributed by atoms with E-state index in [-0.39, 0.29) is 0 Å². The fraction of sp³-hybridized carbons (Fsp3) is 0.250. The molecule has 1 aromatic carbocycles. The lowest BCUT2D eigenvalue weighted by molar-refractivity contribution is 1.08. The van der Waals surface area contributed by atoms with Crippen LogP contribution in [0.5, 0.6) is 0 Å². The highest BCUT2D eigenvalue weighted by Gasteiger charge is 2.08. The molecule has 15 heavy (non-hydrogen) atoms. The van der Waals surface area contributed by atoms with E-state index in [0.29, 0.717) is 0 Å². The number of anilines is 1. The maximum Gasteiger partial charge on any atom is 0.141 e. The van der Waals surface area contributed by atoms with E-state index in [1.165, 1.54) is 0 Å². The van der Waals surface area contributed by atoms with E-state index in [1.54, 1.807) is 11.8 Å². The van der Waals surface area contributed by atoms with Crippen LogP contribution in [-0.2, 0) is 0 Å². The average molecular weight is 237 g/mol. The predicted octanol–water partition coefficient (Wildman–Crippen LogP) is 3.72. The van der Waals surface area contributed by atoms with Gasteiger partial charge in [-0.2, -0.15) is 0 Å². The molecule has 0 N–H and O–H groups in total. The summed E-state index contributed by atoms with van der Waals surface area (Å²) in [4.78, 5) is 2.13. The molecule has 0 radical (unpaired) electrons. The summed E-state index contributed by atoms with van der Waals surface area (Å²) in [7, 11) is 0. The van der Waals surface area contributed by atoms with Gasteiger partial charge in [-0.1, -0.05) is 48.3 Å². The van der Waals surface area contributed by atoms with Gasteiger partial charge in [-0.3, -0.25) is 0 Å². The average Bonchev–Trinajstić information content (AvgIpc) is 2.29. The van der Waals surface area contributed by atoms with Crippen molar-refractivity contribution in [2.24, 2.45) is 0 Å². The topological polar surface area (TPSA) is 3.24 Å². The summed E-state index contributed by atoms with van der Waals surface area (Å²) in [6, 6.07) is 10.2. The second-order valence-electron chi connectivity index (χ2n) is 2.95. The Morgan fingerprint density at radius 3 is 2.67 bits per heavy atom. The first-order valence-corrected chi connectivity index (χ1v) is 6.29. The van der Waals surface area contributed by atoms with Gasteiger partial charge in [0.25, 0.3) is 0 Å². The van der Waals surface area contributed by atoms with Crippen LogP contribution in [0.4, 0.5) is 5.69 Å². The van der Waals surface area contributed by atoms with Crippen LogP contribution in [-0.4, -0.2) is 16.6 Å². The quantitative estimate of drug-likeness (QED) is 0.580. The Kier molecular flexibility index (Phi) is 5.43. The third-order valence-corrected chi connectivity index (χ3v) is 3.37. The van der Waals surface area contributed by atoms with Gasteiger partial charge in [0.05, 0.1) is 0 Å². The molecule has 0 saturated carbocycles. The molecule has 0 amide bonds. The second kappa shape index (κ2) is 6.64. The molecule has 1 rings (SSSR count). The van der Waals surface area contributed by atoms with Crippen molar-refractivity contribution in [2.45, 2.75) is 6.92 Å². The summed E-state index contributed by atoms with van der Waals surface area (Å²) < 4.78 is 0.906. The Labute approximate surface area is 101 Å². The third kappa shape index (κ3) is 3.68. The van der Waals surface area contributed by atoms with Gasteiger partial charge in [0.1, 0.15) is 4.32 Å². The molecule has 0 aliphatic rings. The first-order chi connectivity index (χ1) is 7.29. The predicted molar refractivity (Wildman–Crippen MR) is 74.7 cm³/mol. The summed E-state index contributed by atoms with van der Waals surface area (Å²) in [5.74, 6) is 0.863. The number of rotatable bonds is 4. The van der Waals surface area contributed by atoms with E-state index in [0.717, 1.165) is 22.3 Å². The van der Waals surface area contributed by atoms with Crippen LogP contribution in [0.2, 0.25) is 0 Å². The molecule has 0 aromatic heterocycles. The Balaban J connectivity index is 2.71. The lowest BCUT2D eigenvalue weighted by atomic mass is 10.3. The van der Waals surface area contributed by atoms with E-state index in [9.17, 15) is 0 Å². The molecule has 0 heterocycles. The SMILES string of the molecule is C=CCSC(=S)N(CC)c1ccccc1. The van der Waals surface area contributed by atoms with Crippen LogP contribution >= 0.6 is 24.0 Å². The van der Waals surface area contributed by atoms with E-state index >= 15 is 0 Å². The molecule has 1 nitrogen and oxygen atoms in total. The molecule has 0 unspecified atom stereocenters. The molecule has 0 saturated heterocycles. The van der Waals surface area contributed by atoms with Crippen molar-refractivity contribution in [3.05, 3.63) is 43.0 Å². The zero-order chi connectivity index (χ0) is 11.1. The summed E-state index contributed by atoms with van der Waals surface area (Å²) in [6.07, 6.45) is 1.87. The van der Waals surface area contributed by atoms with Gasteiger partial charge in [0, 0.05) is 18.0 Å². The highest BCUT2D eigenvalue weighted by Crippen LogP contribution is 2.19. The molecule has 1 aromatic rings. The van der Waals surface area contributed by atoms with Crippen LogP contribution in [0.25, 0.3) is 0 Å². The first kappa shape index (κ1) is 12.3. The third-order valence-electron chi connectivity index (χ3n) is 1.93. The van der Waals surface area contributed by atoms with Crippen LogP contribution < -0.4 is 4.90 Å². The minimum atomic E-state index is 0.863. The summed E-state index contributed by atoms with van der Waals surface area (Å²) >= 11 is 7.01. The van der Waals surface area contributed by atoms with Gasteiger partial charge in [-0.25, -0.2) is 0 Å². The summed E-state index contributed by atoms with van der Waals surface area (Å²) in [5, 5.41) is 0. The summed E-state index contributed by atoms with van der Waals surface area (Å²) in [5.41, 5.74) is 1.15. The lowest BCUT2D eigenvalue weighted by Crippen LogP contribution is -2.26. The monoisotopic (exact) mass is 237 g/mol. The standard InChI is InChI=1S/C12H15NS2/c1-3-10-15-12(14)13(4-2)11-8-6-5-7-9-11/h3,5-9H,1,4,10H2,2H3.